The minimum Gasteiger partial charge on any atom is -0.465 e. The molecule has 6 heteroatoms. The Morgan fingerprint density at radius 3 is 2.54 bits per heavy atom. The highest BCUT2D eigenvalue weighted by Crippen LogP contribution is 2.23. The Balaban J connectivity index is 1.56. The van der Waals surface area contributed by atoms with Gasteiger partial charge in [-0.3, -0.25) is 0 Å². The summed E-state index contributed by atoms with van der Waals surface area (Å²) in [7, 11) is 1.33. The van der Waals surface area contributed by atoms with Crippen LogP contribution in [0.1, 0.15) is 22.3 Å². The maximum atomic E-state index is 11.6. The van der Waals surface area contributed by atoms with E-state index in [1.165, 1.54) is 12.7 Å². The third kappa shape index (κ3) is 6.38. The van der Waals surface area contributed by atoms with Crippen LogP contribution in [0.25, 0.3) is 0 Å². The molecule has 0 bridgehead atoms. The van der Waals surface area contributed by atoms with Gasteiger partial charge in [0.25, 0.3) is 0 Å². The summed E-state index contributed by atoms with van der Waals surface area (Å²) in [5, 5.41) is 3.17. The maximum Gasteiger partial charge on any atom is 0.340 e. The van der Waals surface area contributed by atoms with Crippen LogP contribution >= 0.6 is 0 Å². The summed E-state index contributed by atoms with van der Waals surface area (Å²) in [5.41, 5.74) is 8.59. The van der Waals surface area contributed by atoms with Crippen LogP contribution in [0.5, 0.6) is 0 Å². The molecule has 0 spiro atoms. The van der Waals surface area contributed by atoms with Crippen LogP contribution in [0.2, 0.25) is 0 Å². The number of nitrogens with two attached hydrogens (primary N) is 1. The zero-order valence-corrected chi connectivity index (χ0v) is 15.1. The Kier molecular flexibility index (Phi) is 8.45. The predicted molar refractivity (Wildman–Crippen MR) is 102 cm³/mol. The van der Waals surface area contributed by atoms with Crippen LogP contribution < -0.4 is 11.1 Å². The fourth-order valence-corrected chi connectivity index (χ4v) is 2.39. The zero-order chi connectivity index (χ0) is 18.6. The second kappa shape index (κ2) is 11.1. The highest BCUT2D eigenvalue weighted by molar-refractivity contribution is 5.98. The minimum absolute atomic E-state index is 0.356. The first-order chi connectivity index (χ1) is 12.7. The first kappa shape index (κ1) is 19.8. The van der Waals surface area contributed by atoms with E-state index in [4.69, 9.17) is 19.9 Å². The number of nitrogen functional groups attached to an aromatic ring is 1. The van der Waals surface area contributed by atoms with Gasteiger partial charge in [-0.2, -0.15) is 0 Å². The number of hydrogen-bond acceptors (Lipinski definition) is 6. The van der Waals surface area contributed by atoms with Crippen molar-refractivity contribution in [1.29, 1.82) is 0 Å². The molecule has 0 aliphatic heterocycles. The van der Waals surface area contributed by atoms with Crippen molar-refractivity contribution in [1.82, 2.24) is 0 Å². The van der Waals surface area contributed by atoms with Gasteiger partial charge >= 0.3 is 5.97 Å². The lowest BCUT2D eigenvalue weighted by Gasteiger charge is -2.12. The fraction of sp³-hybridized carbons (Fsp3) is 0.350. The van der Waals surface area contributed by atoms with E-state index in [-0.39, 0.29) is 0 Å². The second-order valence-electron chi connectivity index (χ2n) is 5.69. The van der Waals surface area contributed by atoms with Gasteiger partial charge in [-0.1, -0.05) is 36.4 Å². The zero-order valence-electron chi connectivity index (χ0n) is 15.1. The van der Waals surface area contributed by atoms with Crippen molar-refractivity contribution in [3.63, 3.8) is 0 Å². The van der Waals surface area contributed by atoms with Gasteiger partial charge in [0.2, 0.25) is 0 Å². The molecule has 0 amide bonds. The largest absolute Gasteiger partial charge is 0.465 e. The summed E-state index contributed by atoms with van der Waals surface area (Å²) < 4.78 is 15.9. The second-order valence-corrected chi connectivity index (χ2v) is 5.69. The topological polar surface area (TPSA) is 82.8 Å². The highest BCUT2D eigenvalue weighted by Gasteiger charge is 2.12. The number of nitrogens with one attached hydrogen (secondary N) is 1. The number of rotatable bonds is 11. The van der Waals surface area contributed by atoms with E-state index in [9.17, 15) is 4.79 Å². The van der Waals surface area contributed by atoms with E-state index in [2.05, 4.69) is 5.32 Å². The number of benzene rings is 2. The van der Waals surface area contributed by atoms with E-state index in [1.54, 1.807) is 12.1 Å². The Morgan fingerprint density at radius 1 is 1.00 bits per heavy atom. The Morgan fingerprint density at radius 2 is 1.77 bits per heavy atom. The molecule has 26 heavy (non-hydrogen) atoms. The monoisotopic (exact) mass is 358 g/mol. The average molecular weight is 358 g/mol. The van der Waals surface area contributed by atoms with Gasteiger partial charge in [0.15, 0.2) is 0 Å². The Hall–Kier alpha value is -2.57. The molecule has 0 aliphatic carbocycles. The first-order valence-electron chi connectivity index (χ1n) is 8.62. The van der Waals surface area contributed by atoms with Crippen molar-refractivity contribution in [2.75, 3.05) is 44.5 Å². The summed E-state index contributed by atoms with van der Waals surface area (Å²) in [6, 6.07) is 15.3. The molecule has 0 saturated carbocycles. The number of ether oxygens (including phenoxy) is 3. The molecule has 2 rings (SSSR count). The van der Waals surface area contributed by atoms with E-state index >= 15 is 0 Å². The van der Waals surface area contributed by atoms with Crippen molar-refractivity contribution in [2.24, 2.45) is 0 Å². The number of methoxy groups -OCH3 is 1. The SMILES string of the molecule is COC(=O)c1cccc(NCCOCCCOCc2ccccc2)c1N. The van der Waals surface area contributed by atoms with Crippen molar-refractivity contribution in [2.45, 2.75) is 13.0 Å². The van der Waals surface area contributed by atoms with E-state index in [0.29, 0.717) is 49.9 Å². The minimum atomic E-state index is -0.446. The van der Waals surface area contributed by atoms with Gasteiger partial charge in [-0.15, -0.1) is 0 Å². The molecule has 0 saturated heterocycles. The van der Waals surface area contributed by atoms with Crippen LogP contribution in [-0.2, 0) is 20.8 Å². The standard InChI is InChI=1S/C20H26N2O4/c1-24-20(23)17-9-5-10-18(19(17)21)22-11-14-25-12-6-13-26-15-16-7-3-2-4-8-16/h2-5,7-10,22H,6,11-15,21H2,1H3. The third-order valence-corrected chi connectivity index (χ3v) is 3.76. The van der Waals surface area contributed by atoms with E-state index in [1.807, 2.05) is 36.4 Å². The summed E-state index contributed by atoms with van der Waals surface area (Å²) in [6.07, 6.45) is 0.840. The van der Waals surface area contributed by atoms with Crippen molar-refractivity contribution < 1.29 is 19.0 Å². The quantitative estimate of drug-likeness (QED) is 0.365. The van der Waals surface area contributed by atoms with Gasteiger partial charge < -0.3 is 25.3 Å². The van der Waals surface area contributed by atoms with E-state index in [0.717, 1.165) is 6.42 Å². The highest BCUT2D eigenvalue weighted by atomic mass is 16.5. The van der Waals surface area contributed by atoms with Gasteiger partial charge in [-0.25, -0.2) is 4.79 Å². The molecule has 0 unspecified atom stereocenters. The molecule has 3 N–H and O–H groups in total. The molecule has 2 aromatic rings. The van der Waals surface area contributed by atoms with Crippen molar-refractivity contribution in [3.05, 3.63) is 59.7 Å². The smallest absolute Gasteiger partial charge is 0.340 e. The number of hydrogen-bond donors (Lipinski definition) is 2. The molecule has 0 aromatic heterocycles. The molecular formula is C20H26N2O4. The van der Waals surface area contributed by atoms with Gasteiger partial charge in [0.1, 0.15) is 0 Å². The van der Waals surface area contributed by atoms with Crippen molar-refractivity contribution in [3.8, 4) is 0 Å². The number of para-hydroxylation sites is 1. The number of carbonyl (C=O) groups excluding carboxylic acids is 1. The fourth-order valence-electron chi connectivity index (χ4n) is 2.39. The Bertz CT molecular complexity index is 677. The molecule has 0 atom stereocenters. The van der Waals surface area contributed by atoms with Crippen LogP contribution in [0.4, 0.5) is 11.4 Å². The molecule has 0 aliphatic rings. The molecule has 140 valence electrons. The Labute approximate surface area is 154 Å². The third-order valence-electron chi connectivity index (χ3n) is 3.76. The average Bonchev–Trinajstić information content (AvgIpc) is 2.68. The van der Waals surface area contributed by atoms with Crippen molar-refractivity contribution >= 4 is 17.3 Å². The lowest BCUT2D eigenvalue weighted by atomic mass is 10.1. The van der Waals surface area contributed by atoms with Gasteiger partial charge in [-0.05, 0) is 24.1 Å². The summed E-state index contributed by atoms with van der Waals surface area (Å²) in [4.78, 5) is 11.6. The van der Waals surface area contributed by atoms with Crippen LogP contribution in [0.15, 0.2) is 48.5 Å². The molecule has 0 radical (unpaired) electrons. The lowest BCUT2D eigenvalue weighted by molar-refractivity contribution is 0.0602. The molecule has 6 nitrogen and oxygen atoms in total. The summed E-state index contributed by atoms with van der Waals surface area (Å²) >= 11 is 0. The summed E-state index contributed by atoms with van der Waals surface area (Å²) in [5.74, 6) is -0.446. The van der Waals surface area contributed by atoms with Crippen LogP contribution in [0.3, 0.4) is 0 Å². The normalized spacial score (nSPS) is 10.5. The maximum absolute atomic E-state index is 11.6. The summed E-state index contributed by atoms with van der Waals surface area (Å²) in [6.45, 7) is 3.06. The van der Waals surface area contributed by atoms with Crippen LogP contribution in [-0.4, -0.2) is 39.4 Å². The van der Waals surface area contributed by atoms with E-state index < -0.39 is 5.97 Å². The van der Waals surface area contributed by atoms with Crippen LogP contribution in [0, 0.1) is 0 Å². The molecule has 2 aromatic carbocycles. The van der Waals surface area contributed by atoms with Gasteiger partial charge in [0, 0.05) is 19.8 Å². The van der Waals surface area contributed by atoms with Gasteiger partial charge in [0.05, 0.1) is 37.3 Å². The molecule has 0 heterocycles. The number of carbonyl (C=O) groups is 1. The molecular weight excluding hydrogens is 332 g/mol. The number of anilines is 2. The molecule has 0 fully saturated rings. The number of esters is 1. The lowest BCUT2D eigenvalue weighted by Crippen LogP contribution is -2.13. The first-order valence-corrected chi connectivity index (χ1v) is 8.62. The predicted octanol–water partition coefficient (Wildman–Crippen LogP) is 3.09.